The first-order valence-corrected chi connectivity index (χ1v) is 7.23. The van der Waals surface area contributed by atoms with Crippen LogP contribution >= 0.6 is 0 Å². The average Bonchev–Trinajstić information content (AvgIpc) is 2.94. The zero-order valence-corrected chi connectivity index (χ0v) is 11.7. The van der Waals surface area contributed by atoms with Gasteiger partial charge in [-0.3, -0.25) is 0 Å². The zero-order valence-electron chi connectivity index (χ0n) is 11.7. The Bertz CT molecular complexity index is 547. The van der Waals surface area contributed by atoms with E-state index < -0.39 is 6.10 Å². The van der Waals surface area contributed by atoms with Crippen molar-refractivity contribution in [1.29, 1.82) is 0 Å². The van der Waals surface area contributed by atoms with Crippen LogP contribution in [0.3, 0.4) is 0 Å². The molecule has 20 heavy (non-hydrogen) atoms. The van der Waals surface area contributed by atoms with Crippen LogP contribution in [-0.4, -0.2) is 17.3 Å². The number of hydrogen-bond acceptors (Lipinski definition) is 2. The quantitative estimate of drug-likeness (QED) is 0.913. The molecule has 1 N–H and O–H groups in total. The summed E-state index contributed by atoms with van der Waals surface area (Å²) in [5.74, 6) is 0. The molecule has 0 aromatic heterocycles. The summed E-state index contributed by atoms with van der Waals surface area (Å²) in [6, 6.07) is 18.4. The minimum absolute atomic E-state index is 0.0624. The molecule has 0 amide bonds. The van der Waals surface area contributed by atoms with Gasteiger partial charge in [-0.25, -0.2) is 0 Å². The first-order chi connectivity index (χ1) is 9.74. The van der Waals surface area contributed by atoms with Crippen molar-refractivity contribution in [1.82, 2.24) is 0 Å². The maximum atomic E-state index is 10.4. The summed E-state index contributed by atoms with van der Waals surface area (Å²) in [4.78, 5) is 0. The molecule has 2 aromatic carbocycles. The molecule has 104 valence electrons. The van der Waals surface area contributed by atoms with E-state index in [9.17, 15) is 5.11 Å². The Hall–Kier alpha value is -1.64. The number of aliphatic hydroxyl groups is 1. The summed E-state index contributed by atoms with van der Waals surface area (Å²) in [5, 5.41) is 10.4. The predicted octanol–water partition coefficient (Wildman–Crippen LogP) is 3.95. The van der Waals surface area contributed by atoms with Crippen LogP contribution in [0.5, 0.6) is 0 Å². The molecule has 1 aliphatic heterocycles. The fourth-order valence-corrected chi connectivity index (χ4v) is 2.78. The standard InChI is InChI=1S/C18H20O2/c1-13-7-12-17(20-13)18(19)16-10-8-15(9-11-16)14-5-3-2-4-6-14/h2-6,8-11,13,17-19H,7,12H2,1H3. The number of rotatable bonds is 3. The highest BCUT2D eigenvalue weighted by molar-refractivity contribution is 5.63. The van der Waals surface area contributed by atoms with Crippen LogP contribution in [0, 0.1) is 0 Å². The maximum Gasteiger partial charge on any atom is 0.105 e. The second-order valence-electron chi connectivity index (χ2n) is 5.50. The van der Waals surface area contributed by atoms with E-state index in [1.807, 2.05) is 30.3 Å². The molecule has 0 aliphatic carbocycles. The number of aliphatic hydroxyl groups excluding tert-OH is 1. The molecule has 0 bridgehead atoms. The van der Waals surface area contributed by atoms with Crippen molar-refractivity contribution in [3.05, 3.63) is 60.2 Å². The summed E-state index contributed by atoms with van der Waals surface area (Å²) in [6.07, 6.45) is 1.64. The lowest BCUT2D eigenvalue weighted by atomic mass is 9.98. The molecule has 1 fully saturated rings. The highest BCUT2D eigenvalue weighted by Crippen LogP contribution is 2.31. The number of benzene rings is 2. The van der Waals surface area contributed by atoms with Crippen molar-refractivity contribution in [3.63, 3.8) is 0 Å². The molecule has 2 nitrogen and oxygen atoms in total. The van der Waals surface area contributed by atoms with Gasteiger partial charge in [0.25, 0.3) is 0 Å². The molecule has 1 aliphatic rings. The van der Waals surface area contributed by atoms with E-state index in [4.69, 9.17) is 4.74 Å². The average molecular weight is 268 g/mol. The van der Waals surface area contributed by atoms with Gasteiger partial charge in [0.15, 0.2) is 0 Å². The van der Waals surface area contributed by atoms with Crippen molar-refractivity contribution in [2.45, 2.75) is 38.1 Å². The SMILES string of the molecule is CC1CCC(C(O)c2ccc(-c3ccccc3)cc2)O1. The van der Waals surface area contributed by atoms with Gasteiger partial charge >= 0.3 is 0 Å². The topological polar surface area (TPSA) is 29.5 Å². The fraction of sp³-hybridized carbons (Fsp3) is 0.333. The second-order valence-corrected chi connectivity index (χ2v) is 5.50. The van der Waals surface area contributed by atoms with E-state index in [0.717, 1.165) is 18.4 Å². The molecule has 0 radical (unpaired) electrons. The normalized spacial score (nSPS) is 23.7. The van der Waals surface area contributed by atoms with E-state index in [1.54, 1.807) is 0 Å². The van der Waals surface area contributed by atoms with E-state index in [1.165, 1.54) is 11.1 Å². The van der Waals surface area contributed by atoms with Gasteiger partial charge in [-0.2, -0.15) is 0 Å². The molecule has 3 rings (SSSR count). The van der Waals surface area contributed by atoms with Crippen LogP contribution in [0.15, 0.2) is 54.6 Å². The first-order valence-electron chi connectivity index (χ1n) is 7.23. The fourth-order valence-electron chi connectivity index (χ4n) is 2.78. The summed E-state index contributed by atoms with van der Waals surface area (Å²) in [6.45, 7) is 2.06. The van der Waals surface area contributed by atoms with Crippen LogP contribution < -0.4 is 0 Å². The third-order valence-electron chi connectivity index (χ3n) is 3.98. The highest BCUT2D eigenvalue weighted by atomic mass is 16.5. The molecular formula is C18H20O2. The van der Waals surface area contributed by atoms with Gasteiger partial charge in [0.1, 0.15) is 6.10 Å². The van der Waals surface area contributed by atoms with Crippen molar-refractivity contribution in [3.8, 4) is 11.1 Å². The Kier molecular flexibility index (Phi) is 3.86. The molecule has 1 saturated heterocycles. The van der Waals surface area contributed by atoms with Gasteiger partial charge in [-0.05, 0) is 36.5 Å². The lowest BCUT2D eigenvalue weighted by Gasteiger charge is -2.19. The summed E-state index contributed by atoms with van der Waals surface area (Å²) >= 11 is 0. The van der Waals surface area contributed by atoms with Crippen LogP contribution in [0.1, 0.15) is 31.4 Å². The van der Waals surface area contributed by atoms with E-state index in [-0.39, 0.29) is 12.2 Å². The summed E-state index contributed by atoms with van der Waals surface area (Å²) in [7, 11) is 0. The molecule has 2 aromatic rings. The van der Waals surface area contributed by atoms with Gasteiger partial charge in [0.05, 0.1) is 12.2 Å². The Balaban J connectivity index is 1.76. The lowest BCUT2D eigenvalue weighted by Crippen LogP contribution is -2.18. The van der Waals surface area contributed by atoms with Gasteiger partial charge in [0.2, 0.25) is 0 Å². The Morgan fingerprint density at radius 1 is 0.950 bits per heavy atom. The van der Waals surface area contributed by atoms with Crippen LogP contribution in [0.25, 0.3) is 11.1 Å². The summed E-state index contributed by atoms with van der Waals surface area (Å²) in [5.41, 5.74) is 3.30. The minimum Gasteiger partial charge on any atom is -0.386 e. The second kappa shape index (κ2) is 5.78. The summed E-state index contributed by atoms with van der Waals surface area (Å²) < 4.78 is 5.74. The molecule has 3 atom stereocenters. The van der Waals surface area contributed by atoms with E-state index >= 15 is 0 Å². The Morgan fingerprint density at radius 2 is 1.60 bits per heavy atom. The van der Waals surface area contributed by atoms with Gasteiger partial charge in [-0.15, -0.1) is 0 Å². The molecule has 2 heteroatoms. The van der Waals surface area contributed by atoms with E-state index in [2.05, 4.69) is 31.2 Å². The van der Waals surface area contributed by atoms with Crippen LogP contribution in [0.2, 0.25) is 0 Å². The molecule has 3 unspecified atom stereocenters. The van der Waals surface area contributed by atoms with Gasteiger partial charge < -0.3 is 9.84 Å². The highest BCUT2D eigenvalue weighted by Gasteiger charge is 2.29. The third-order valence-corrected chi connectivity index (χ3v) is 3.98. The maximum absolute atomic E-state index is 10.4. The van der Waals surface area contributed by atoms with Gasteiger partial charge in [0, 0.05) is 0 Å². The molecule has 0 saturated carbocycles. The zero-order chi connectivity index (χ0) is 13.9. The molecule has 0 spiro atoms. The Labute approximate surface area is 120 Å². The Morgan fingerprint density at radius 3 is 2.20 bits per heavy atom. The largest absolute Gasteiger partial charge is 0.386 e. The van der Waals surface area contributed by atoms with Crippen molar-refractivity contribution >= 4 is 0 Å². The molecule has 1 heterocycles. The van der Waals surface area contributed by atoms with Crippen LogP contribution in [-0.2, 0) is 4.74 Å². The van der Waals surface area contributed by atoms with Crippen molar-refractivity contribution in [2.24, 2.45) is 0 Å². The first kappa shape index (κ1) is 13.3. The van der Waals surface area contributed by atoms with Crippen molar-refractivity contribution in [2.75, 3.05) is 0 Å². The number of ether oxygens (including phenoxy) is 1. The van der Waals surface area contributed by atoms with Crippen LogP contribution in [0.4, 0.5) is 0 Å². The minimum atomic E-state index is -0.523. The predicted molar refractivity (Wildman–Crippen MR) is 80.4 cm³/mol. The third kappa shape index (κ3) is 2.77. The van der Waals surface area contributed by atoms with Crippen molar-refractivity contribution < 1.29 is 9.84 Å². The van der Waals surface area contributed by atoms with E-state index in [0.29, 0.717) is 0 Å². The smallest absolute Gasteiger partial charge is 0.105 e. The molecular weight excluding hydrogens is 248 g/mol. The van der Waals surface area contributed by atoms with Gasteiger partial charge in [-0.1, -0.05) is 54.6 Å². The monoisotopic (exact) mass is 268 g/mol. The number of hydrogen-bond donors (Lipinski definition) is 1. The lowest BCUT2D eigenvalue weighted by molar-refractivity contribution is -0.0297.